The van der Waals surface area contributed by atoms with Crippen molar-refractivity contribution in [1.29, 1.82) is 0 Å². The van der Waals surface area contributed by atoms with Crippen LogP contribution in [0.15, 0.2) is 64.5 Å². The number of carbonyl (C=O) groups excluding carboxylic acids is 1. The summed E-state index contributed by atoms with van der Waals surface area (Å²) in [6, 6.07) is 15.2. The zero-order valence-corrected chi connectivity index (χ0v) is 19.8. The number of fused-ring (bicyclic) bond motifs is 1. The zero-order valence-electron chi connectivity index (χ0n) is 19.0. The fraction of sp³-hybridized carbons (Fsp3) is 0.269. The maximum atomic E-state index is 13.3. The van der Waals surface area contributed by atoms with Gasteiger partial charge in [-0.15, -0.1) is 0 Å². The molecule has 0 saturated heterocycles. The molecule has 0 saturated carbocycles. The summed E-state index contributed by atoms with van der Waals surface area (Å²) in [5, 5.41) is 0.983. The van der Waals surface area contributed by atoms with E-state index in [9.17, 15) is 14.0 Å². The summed E-state index contributed by atoms with van der Waals surface area (Å²) in [5.74, 6) is -0.153. The molecule has 0 atom stereocenters. The molecule has 7 heteroatoms. The second-order valence-corrected chi connectivity index (χ2v) is 9.02. The summed E-state index contributed by atoms with van der Waals surface area (Å²) in [5.41, 5.74) is 3.94. The number of thioether (sulfide) groups is 1. The summed E-state index contributed by atoms with van der Waals surface area (Å²) in [6.07, 6.45) is 0.995. The fourth-order valence-electron chi connectivity index (χ4n) is 4.03. The van der Waals surface area contributed by atoms with Crippen molar-refractivity contribution in [1.82, 2.24) is 14.1 Å². The van der Waals surface area contributed by atoms with Crippen molar-refractivity contribution in [2.24, 2.45) is 0 Å². The smallest absolute Gasteiger partial charge is 0.262 e. The van der Waals surface area contributed by atoms with E-state index in [0.29, 0.717) is 21.6 Å². The molecule has 2 heterocycles. The molecule has 0 unspecified atom stereocenters. The SMILES string of the molecule is CCCn1c(C)cc(C(=O)CSc2nc3ccccc3c(=O)n2Cc2ccc(F)cc2)c1C. The van der Waals surface area contributed by atoms with Crippen molar-refractivity contribution in [3.63, 3.8) is 0 Å². The number of aromatic nitrogens is 3. The minimum atomic E-state index is -0.330. The Kier molecular flexibility index (Phi) is 6.79. The number of rotatable bonds is 8. The predicted molar refractivity (Wildman–Crippen MR) is 131 cm³/mol. The number of nitrogens with zero attached hydrogens (tertiary/aromatic N) is 3. The Morgan fingerprint density at radius 3 is 2.52 bits per heavy atom. The molecular formula is C26H26FN3O2S. The first kappa shape index (κ1) is 23.0. The lowest BCUT2D eigenvalue weighted by Gasteiger charge is -2.13. The Morgan fingerprint density at radius 2 is 1.79 bits per heavy atom. The lowest BCUT2D eigenvalue weighted by atomic mass is 10.2. The standard InChI is InChI=1S/C26H26FN3O2S/c1-4-13-29-17(2)14-22(18(29)3)24(31)16-33-26-28-23-8-6-5-7-21(23)25(32)30(26)15-19-9-11-20(27)12-10-19/h5-12,14H,4,13,15-16H2,1-3H3. The van der Waals surface area contributed by atoms with Crippen molar-refractivity contribution >= 4 is 28.4 Å². The van der Waals surface area contributed by atoms with E-state index < -0.39 is 0 Å². The number of carbonyl (C=O) groups is 1. The fourth-order valence-corrected chi connectivity index (χ4v) is 4.91. The number of para-hydroxylation sites is 1. The summed E-state index contributed by atoms with van der Waals surface area (Å²) in [7, 11) is 0. The quantitative estimate of drug-likeness (QED) is 0.200. The first-order chi connectivity index (χ1) is 15.9. The van der Waals surface area contributed by atoms with Crippen LogP contribution in [0.1, 0.15) is 40.7 Å². The van der Waals surface area contributed by atoms with Crippen molar-refractivity contribution in [3.8, 4) is 0 Å². The molecule has 0 amide bonds. The van der Waals surface area contributed by atoms with Gasteiger partial charge in [-0.1, -0.05) is 43.0 Å². The van der Waals surface area contributed by atoms with E-state index in [-0.39, 0.29) is 29.5 Å². The Hall–Kier alpha value is -3.19. The van der Waals surface area contributed by atoms with Gasteiger partial charge in [-0.3, -0.25) is 14.2 Å². The van der Waals surface area contributed by atoms with Crippen molar-refractivity contribution < 1.29 is 9.18 Å². The van der Waals surface area contributed by atoms with Crippen LogP contribution in [-0.4, -0.2) is 25.7 Å². The molecule has 0 aliphatic rings. The summed E-state index contributed by atoms with van der Waals surface area (Å²) in [6.45, 7) is 7.22. The van der Waals surface area contributed by atoms with E-state index in [1.807, 2.05) is 26.0 Å². The number of halogens is 1. The number of benzene rings is 2. The Morgan fingerprint density at radius 1 is 1.06 bits per heavy atom. The third-order valence-electron chi connectivity index (χ3n) is 5.73. The number of hydrogen-bond acceptors (Lipinski definition) is 4. The van der Waals surface area contributed by atoms with E-state index in [2.05, 4.69) is 16.5 Å². The Labute approximate surface area is 196 Å². The molecule has 5 nitrogen and oxygen atoms in total. The Bertz CT molecular complexity index is 1370. The van der Waals surface area contributed by atoms with E-state index in [4.69, 9.17) is 0 Å². The van der Waals surface area contributed by atoms with E-state index in [1.165, 1.54) is 23.9 Å². The van der Waals surface area contributed by atoms with Crippen molar-refractivity contribution in [3.05, 3.63) is 93.3 Å². The van der Waals surface area contributed by atoms with Gasteiger partial charge < -0.3 is 4.57 Å². The lowest BCUT2D eigenvalue weighted by Crippen LogP contribution is -2.24. The molecule has 0 bridgehead atoms. The second-order valence-electron chi connectivity index (χ2n) is 8.08. The van der Waals surface area contributed by atoms with E-state index >= 15 is 0 Å². The van der Waals surface area contributed by atoms with Gasteiger partial charge in [0.15, 0.2) is 10.9 Å². The van der Waals surface area contributed by atoms with Crippen LogP contribution in [0.3, 0.4) is 0 Å². The molecule has 2 aromatic heterocycles. The maximum Gasteiger partial charge on any atom is 0.262 e. The normalized spacial score (nSPS) is 11.3. The Balaban J connectivity index is 1.66. The molecule has 0 aliphatic heterocycles. The number of aryl methyl sites for hydroxylation is 1. The van der Waals surface area contributed by atoms with Crippen LogP contribution in [0.5, 0.6) is 0 Å². The highest BCUT2D eigenvalue weighted by molar-refractivity contribution is 7.99. The lowest BCUT2D eigenvalue weighted by molar-refractivity contribution is 0.102. The van der Waals surface area contributed by atoms with Crippen LogP contribution in [0.25, 0.3) is 10.9 Å². The highest BCUT2D eigenvalue weighted by Crippen LogP contribution is 2.23. The van der Waals surface area contributed by atoms with Crippen LogP contribution < -0.4 is 5.56 Å². The molecule has 4 rings (SSSR count). The summed E-state index contributed by atoms with van der Waals surface area (Å²) < 4.78 is 17.1. The van der Waals surface area contributed by atoms with E-state index in [0.717, 1.165) is 29.9 Å². The first-order valence-corrected chi connectivity index (χ1v) is 11.9. The van der Waals surface area contributed by atoms with Crippen molar-refractivity contribution in [2.45, 2.75) is 45.4 Å². The third kappa shape index (κ3) is 4.78. The molecule has 170 valence electrons. The molecule has 0 radical (unpaired) electrons. The van der Waals surface area contributed by atoms with Gasteiger partial charge in [-0.05, 0) is 56.2 Å². The van der Waals surface area contributed by atoms with Crippen LogP contribution in [0, 0.1) is 19.7 Å². The summed E-state index contributed by atoms with van der Waals surface area (Å²) in [4.78, 5) is 31.0. The minimum Gasteiger partial charge on any atom is -0.348 e. The zero-order chi connectivity index (χ0) is 23.5. The highest BCUT2D eigenvalue weighted by Gasteiger charge is 2.18. The van der Waals surface area contributed by atoms with E-state index in [1.54, 1.807) is 34.9 Å². The van der Waals surface area contributed by atoms with Crippen LogP contribution in [-0.2, 0) is 13.1 Å². The predicted octanol–water partition coefficient (Wildman–Crippen LogP) is 5.39. The largest absolute Gasteiger partial charge is 0.348 e. The van der Waals surface area contributed by atoms with Gasteiger partial charge in [-0.25, -0.2) is 9.37 Å². The molecule has 2 aromatic carbocycles. The molecule has 4 aromatic rings. The van der Waals surface area contributed by atoms with Crippen LogP contribution in [0.4, 0.5) is 4.39 Å². The minimum absolute atomic E-state index is 0.00573. The topological polar surface area (TPSA) is 56.9 Å². The highest BCUT2D eigenvalue weighted by atomic mass is 32.2. The summed E-state index contributed by atoms with van der Waals surface area (Å²) >= 11 is 1.26. The second kappa shape index (κ2) is 9.75. The van der Waals surface area contributed by atoms with Crippen LogP contribution in [0.2, 0.25) is 0 Å². The molecule has 0 N–H and O–H groups in total. The van der Waals surface area contributed by atoms with Gasteiger partial charge in [0.1, 0.15) is 5.82 Å². The average molecular weight is 464 g/mol. The van der Waals surface area contributed by atoms with Gasteiger partial charge in [0.25, 0.3) is 5.56 Å². The van der Waals surface area contributed by atoms with Gasteiger partial charge in [0.2, 0.25) is 0 Å². The first-order valence-electron chi connectivity index (χ1n) is 11.0. The van der Waals surface area contributed by atoms with Gasteiger partial charge >= 0.3 is 0 Å². The van der Waals surface area contributed by atoms with Gasteiger partial charge in [-0.2, -0.15) is 0 Å². The number of Topliss-reactive ketones (excluding diaryl/α,β-unsaturated/α-hetero) is 1. The third-order valence-corrected chi connectivity index (χ3v) is 6.71. The molecule has 0 fully saturated rings. The molecule has 33 heavy (non-hydrogen) atoms. The average Bonchev–Trinajstić information content (AvgIpc) is 3.09. The monoisotopic (exact) mass is 463 g/mol. The number of ketones is 1. The molecule has 0 spiro atoms. The van der Waals surface area contributed by atoms with Crippen LogP contribution >= 0.6 is 11.8 Å². The number of hydrogen-bond donors (Lipinski definition) is 0. The molecule has 0 aliphatic carbocycles. The van der Waals surface area contributed by atoms with Gasteiger partial charge in [0, 0.05) is 23.5 Å². The van der Waals surface area contributed by atoms with Gasteiger partial charge in [0.05, 0.1) is 23.2 Å². The molecular weight excluding hydrogens is 437 g/mol. The maximum absolute atomic E-state index is 13.3. The van der Waals surface area contributed by atoms with Crippen molar-refractivity contribution in [2.75, 3.05) is 5.75 Å².